The number of carbonyl (C=O) groups is 1. The summed E-state index contributed by atoms with van der Waals surface area (Å²) in [4.78, 5) is 11.8. The zero-order valence-corrected chi connectivity index (χ0v) is 9.44. The highest BCUT2D eigenvalue weighted by Crippen LogP contribution is 2.30. The van der Waals surface area contributed by atoms with Crippen LogP contribution in [0.15, 0.2) is 6.07 Å². The molecule has 0 bridgehead atoms. The smallest absolute Gasteiger partial charge is 0.338 e. The lowest BCUT2D eigenvalue weighted by atomic mass is 9.91. The molecule has 3 nitrogen and oxygen atoms in total. The molecule has 0 amide bonds. The van der Waals surface area contributed by atoms with Crippen molar-refractivity contribution in [2.24, 2.45) is 5.41 Å². The minimum Gasteiger partial charge on any atom is -0.478 e. The van der Waals surface area contributed by atoms with Crippen LogP contribution in [-0.2, 0) is 6.42 Å². The number of aromatic carboxylic acids is 1. The molecule has 14 heavy (non-hydrogen) atoms. The van der Waals surface area contributed by atoms with Crippen LogP contribution in [0, 0.1) is 5.41 Å². The lowest BCUT2D eigenvalue weighted by Crippen LogP contribution is -2.07. The van der Waals surface area contributed by atoms with E-state index >= 15 is 0 Å². The van der Waals surface area contributed by atoms with E-state index in [1.807, 2.05) is 0 Å². The van der Waals surface area contributed by atoms with Gasteiger partial charge in [0.25, 0.3) is 0 Å². The Bertz CT molecular complexity index is 349. The molecule has 1 aromatic rings. The number of carboxylic acid groups (broad SMARTS) is 1. The molecular weight excluding hydrogens is 198 g/mol. The van der Waals surface area contributed by atoms with Crippen molar-refractivity contribution >= 4 is 22.3 Å². The topological polar surface area (TPSA) is 63.3 Å². The largest absolute Gasteiger partial charge is 0.478 e. The Balaban J connectivity index is 2.92. The quantitative estimate of drug-likeness (QED) is 0.793. The predicted octanol–water partition coefficient (Wildman–Crippen LogP) is 2.62. The Morgan fingerprint density at radius 3 is 2.50 bits per heavy atom. The molecule has 0 aromatic carbocycles. The van der Waals surface area contributed by atoms with Gasteiger partial charge in [-0.25, -0.2) is 4.79 Å². The number of thiophene rings is 1. The van der Waals surface area contributed by atoms with Crippen LogP contribution in [0.1, 0.15) is 36.0 Å². The van der Waals surface area contributed by atoms with Crippen molar-refractivity contribution in [3.63, 3.8) is 0 Å². The summed E-state index contributed by atoms with van der Waals surface area (Å²) in [6.45, 7) is 6.34. The molecule has 0 fully saturated rings. The normalized spacial score (nSPS) is 11.6. The summed E-state index contributed by atoms with van der Waals surface area (Å²) in [5, 5.41) is 9.20. The van der Waals surface area contributed by atoms with Crippen LogP contribution in [-0.4, -0.2) is 11.1 Å². The maximum atomic E-state index is 10.7. The molecule has 0 aliphatic heterocycles. The zero-order chi connectivity index (χ0) is 10.9. The Hall–Kier alpha value is -1.03. The highest BCUT2D eigenvalue weighted by molar-refractivity contribution is 7.16. The van der Waals surface area contributed by atoms with Gasteiger partial charge in [0.05, 0.1) is 5.56 Å². The third-order valence-corrected chi connectivity index (χ3v) is 2.71. The van der Waals surface area contributed by atoms with Crippen LogP contribution in [0.3, 0.4) is 0 Å². The first kappa shape index (κ1) is 11.0. The summed E-state index contributed by atoms with van der Waals surface area (Å²) in [6, 6.07) is 1.67. The van der Waals surface area contributed by atoms with E-state index in [1.54, 1.807) is 6.07 Å². The monoisotopic (exact) mass is 213 g/mol. The first-order valence-electron chi connectivity index (χ1n) is 4.41. The van der Waals surface area contributed by atoms with Gasteiger partial charge in [0.15, 0.2) is 0 Å². The Morgan fingerprint density at radius 1 is 1.57 bits per heavy atom. The first-order valence-corrected chi connectivity index (χ1v) is 5.23. The van der Waals surface area contributed by atoms with E-state index in [2.05, 4.69) is 20.8 Å². The molecule has 0 unspecified atom stereocenters. The van der Waals surface area contributed by atoms with Crippen molar-refractivity contribution in [1.29, 1.82) is 0 Å². The van der Waals surface area contributed by atoms with Crippen LogP contribution in [0.2, 0.25) is 0 Å². The molecule has 0 radical (unpaired) electrons. The summed E-state index contributed by atoms with van der Waals surface area (Å²) in [5.74, 6) is -0.945. The SMILES string of the molecule is CC(C)(C)Cc1cc(C(=O)O)c(N)s1. The highest BCUT2D eigenvalue weighted by Gasteiger charge is 2.17. The fourth-order valence-electron chi connectivity index (χ4n) is 1.23. The highest BCUT2D eigenvalue weighted by atomic mass is 32.1. The maximum absolute atomic E-state index is 10.7. The van der Waals surface area contributed by atoms with Crippen molar-refractivity contribution in [3.8, 4) is 0 Å². The van der Waals surface area contributed by atoms with Gasteiger partial charge in [0, 0.05) is 4.88 Å². The van der Waals surface area contributed by atoms with Gasteiger partial charge in [-0.2, -0.15) is 0 Å². The number of nitrogens with two attached hydrogens (primary N) is 1. The maximum Gasteiger partial charge on any atom is 0.338 e. The van der Waals surface area contributed by atoms with Gasteiger partial charge in [-0.05, 0) is 17.9 Å². The van der Waals surface area contributed by atoms with Gasteiger partial charge in [-0.1, -0.05) is 20.8 Å². The average Bonchev–Trinajstić information content (AvgIpc) is 2.26. The van der Waals surface area contributed by atoms with Crippen molar-refractivity contribution in [2.75, 3.05) is 5.73 Å². The number of rotatable bonds is 2. The van der Waals surface area contributed by atoms with Crippen LogP contribution in [0.5, 0.6) is 0 Å². The molecular formula is C10H15NO2S. The van der Waals surface area contributed by atoms with Crippen molar-refractivity contribution in [3.05, 3.63) is 16.5 Å². The van der Waals surface area contributed by atoms with Crippen LogP contribution >= 0.6 is 11.3 Å². The number of hydrogen-bond acceptors (Lipinski definition) is 3. The Labute approximate surface area is 87.6 Å². The predicted molar refractivity (Wildman–Crippen MR) is 58.8 cm³/mol. The molecule has 0 aliphatic rings. The van der Waals surface area contributed by atoms with Gasteiger partial charge in [-0.3, -0.25) is 0 Å². The van der Waals surface area contributed by atoms with E-state index in [0.717, 1.165) is 11.3 Å². The van der Waals surface area contributed by atoms with E-state index in [1.165, 1.54) is 11.3 Å². The zero-order valence-electron chi connectivity index (χ0n) is 8.63. The number of hydrogen-bond donors (Lipinski definition) is 2. The molecule has 0 aliphatic carbocycles. The molecule has 1 aromatic heterocycles. The number of carboxylic acids is 1. The Morgan fingerprint density at radius 2 is 2.14 bits per heavy atom. The summed E-state index contributed by atoms with van der Waals surface area (Å²) in [6.07, 6.45) is 0.856. The minimum absolute atomic E-state index is 0.160. The lowest BCUT2D eigenvalue weighted by Gasteiger charge is -2.16. The standard InChI is InChI=1S/C10H15NO2S/c1-10(2,3)5-6-4-7(9(12)13)8(11)14-6/h4H,5,11H2,1-3H3,(H,12,13). The summed E-state index contributed by atoms with van der Waals surface area (Å²) >= 11 is 1.37. The molecule has 0 atom stereocenters. The summed E-state index contributed by atoms with van der Waals surface area (Å²) in [7, 11) is 0. The lowest BCUT2D eigenvalue weighted by molar-refractivity contribution is 0.0698. The molecule has 4 heteroatoms. The molecule has 0 saturated heterocycles. The Kier molecular flexibility index (Phi) is 2.85. The van der Waals surface area contributed by atoms with Gasteiger partial charge in [0.1, 0.15) is 5.00 Å². The first-order chi connectivity index (χ1) is 6.29. The molecule has 0 spiro atoms. The second kappa shape index (κ2) is 3.61. The van der Waals surface area contributed by atoms with E-state index in [9.17, 15) is 4.79 Å². The van der Waals surface area contributed by atoms with Crippen LogP contribution in [0.4, 0.5) is 5.00 Å². The van der Waals surface area contributed by atoms with E-state index in [0.29, 0.717) is 5.00 Å². The minimum atomic E-state index is -0.945. The number of nitrogen functional groups attached to an aromatic ring is 1. The van der Waals surface area contributed by atoms with Crippen molar-refractivity contribution in [2.45, 2.75) is 27.2 Å². The van der Waals surface area contributed by atoms with Crippen molar-refractivity contribution in [1.82, 2.24) is 0 Å². The molecule has 1 heterocycles. The second-order valence-electron chi connectivity index (χ2n) is 4.53. The van der Waals surface area contributed by atoms with Crippen LogP contribution < -0.4 is 5.73 Å². The summed E-state index contributed by atoms with van der Waals surface area (Å²) < 4.78 is 0. The molecule has 0 saturated carbocycles. The fourth-order valence-corrected chi connectivity index (χ4v) is 2.46. The molecule has 1 rings (SSSR count). The third-order valence-electron chi connectivity index (χ3n) is 1.75. The van der Waals surface area contributed by atoms with Gasteiger partial charge in [-0.15, -0.1) is 11.3 Å². The van der Waals surface area contributed by atoms with Gasteiger partial charge in [0.2, 0.25) is 0 Å². The van der Waals surface area contributed by atoms with Gasteiger partial charge >= 0.3 is 5.97 Å². The van der Waals surface area contributed by atoms with E-state index < -0.39 is 5.97 Å². The van der Waals surface area contributed by atoms with E-state index in [4.69, 9.17) is 10.8 Å². The van der Waals surface area contributed by atoms with Gasteiger partial charge < -0.3 is 10.8 Å². The summed E-state index contributed by atoms with van der Waals surface area (Å²) in [5.41, 5.74) is 5.99. The molecule has 3 N–H and O–H groups in total. The van der Waals surface area contributed by atoms with Crippen molar-refractivity contribution < 1.29 is 9.90 Å². The average molecular weight is 213 g/mol. The molecule has 78 valence electrons. The second-order valence-corrected chi connectivity index (χ2v) is 5.70. The third kappa shape index (κ3) is 2.73. The van der Waals surface area contributed by atoms with E-state index in [-0.39, 0.29) is 11.0 Å². The van der Waals surface area contributed by atoms with Crippen LogP contribution in [0.25, 0.3) is 0 Å². The number of anilines is 1. The fraction of sp³-hybridized carbons (Fsp3) is 0.500.